The highest BCUT2D eigenvalue weighted by molar-refractivity contribution is 5.95. The van der Waals surface area contributed by atoms with E-state index >= 15 is 0 Å². The molecule has 7 heteroatoms. The van der Waals surface area contributed by atoms with Gasteiger partial charge < -0.3 is 19.2 Å². The Morgan fingerprint density at radius 3 is 2.61 bits per heavy atom. The lowest BCUT2D eigenvalue weighted by Gasteiger charge is -2.32. The van der Waals surface area contributed by atoms with Crippen LogP contribution in [0.15, 0.2) is 40.8 Å². The van der Waals surface area contributed by atoms with Gasteiger partial charge in [0.15, 0.2) is 11.8 Å². The fourth-order valence-corrected chi connectivity index (χ4v) is 2.42. The molecule has 1 N–H and O–H groups in total. The monoisotopic (exact) mass is 319 g/mol. The number of furan rings is 1. The van der Waals surface area contributed by atoms with Crippen LogP contribution in [0.4, 0.5) is 4.39 Å². The van der Waals surface area contributed by atoms with Crippen molar-refractivity contribution < 1.29 is 28.2 Å². The van der Waals surface area contributed by atoms with Gasteiger partial charge in [-0.25, -0.2) is 9.18 Å². The number of aliphatic carboxylic acids is 1. The van der Waals surface area contributed by atoms with Crippen molar-refractivity contribution in [3.63, 3.8) is 0 Å². The van der Waals surface area contributed by atoms with Crippen LogP contribution in [0.2, 0.25) is 0 Å². The van der Waals surface area contributed by atoms with Gasteiger partial charge in [0.05, 0.1) is 13.2 Å². The number of hydrogen-bond acceptors (Lipinski definition) is 4. The van der Waals surface area contributed by atoms with E-state index in [1.807, 2.05) is 0 Å². The third-order valence-corrected chi connectivity index (χ3v) is 3.62. The molecule has 0 unspecified atom stereocenters. The van der Waals surface area contributed by atoms with Crippen LogP contribution in [0.5, 0.6) is 0 Å². The number of carboxylic acid groups (broad SMARTS) is 1. The van der Waals surface area contributed by atoms with E-state index in [4.69, 9.17) is 9.15 Å². The van der Waals surface area contributed by atoms with E-state index in [-0.39, 0.29) is 31.3 Å². The summed E-state index contributed by atoms with van der Waals surface area (Å²) in [5.41, 5.74) is 0.627. The number of nitrogens with zero attached hydrogens (tertiary/aromatic N) is 1. The van der Waals surface area contributed by atoms with Crippen LogP contribution in [0.1, 0.15) is 10.6 Å². The van der Waals surface area contributed by atoms with Crippen LogP contribution in [0.25, 0.3) is 11.3 Å². The third-order valence-electron chi connectivity index (χ3n) is 3.62. The Balaban J connectivity index is 1.83. The molecule has 2 aromatic rings. The number of hydrogen-bond donors (Lipinski definition) is 1. The van der Waals surface area contributed by atoms with Gasteiger partial charge >= 0.3 is 5.97 Å². The minimum absolute atomic E-state index is 0.0393. The molecule has 6 nitrogen and oxygen atoms in total. The van der Waals surface area contributed by atoms with Crippen molar-refractivity contribution in [3.8, 4) is 11.3 Å². The van der Waals surface area contributed by atoms with Crippen molar-refractivity contribution in [2.45, 2.75) is 6.04 Å². The average Bonchev–Trinajstić information content (AvgIpc) is 3.04. The van der Waals surface area contributed by atoms with Crippen LogP contribution >= 0.6 is 0 Å². The second-order valence-electron chi connectivity index (χ2n) is 5.10. The van der Waals surface area contributed by atoms with Crippen molar-refractivity contribution in [3.05, 3.63) is 48.0 Å². The topological polar surface area (TPSA) is 80.0 Å². The zero-order valence-electron chi connectivity index (χ0n) is 12.1. The smallest absolute Gasteiger partial charge is 0.328 e. The maximum Gasteiger partial charge on any atom is 0.328 e. The lowest BCUT2D eigenvalue weighted by atomic mass is 10.2. The standard InChI is InChI=1S/C16H14FNO5/c17-11-3-1-10(2-4-11)13-5-6-14(23-13)15(19)18-7-8-22-9-12(18)16(20)21/h1-6,12H,7-9H2,(H,20,21)/t12-/m0/s1. The summed E-state index contributed by atoms with van der Waals surface area (Å²) in [5, 5.41) is 9.17. The highest BCUT2D eigenvalue weighted by Gasteiger charge is 2.34. The molecule has 0 radical (unpaired) electrons. The molecule has 120 valence electrons. The van der Waals surface area contributed by atoms with Crippen molar-refractivity contribution in [1.82, 2.24) is 4.90 Å². The number of morpholine rings is 1. The molecule has 0 spiro atoms. The Kier molecular flexibility index (Phi) is 4.12. The zero-order valence-corrected chi connectivity index (χ0v) is 12.1. The maximum absolute atomic E-state index is 12.9. The molecular formula is C16H14FNO5. The summed E-state index contributed by atoms with van der Waals surface area (Å²) in [7, 11) is 0. The van der Waals surface area contributed by atoms with E-state index in [0.717, 1.165) is 0 Å². The first kappa shape index (κ1) is 15.2. The van der Waals surface area contributed by atoms with Gasteiger partial charge in [-0.05, 0) is 36.4 Å². The van der Waals surface area contributed by atoms with Crippen molar-refractivity contribution in [2.24, 2.45) is 0 Å². The maximum atomic E-state index is 12.9. The van der Waals surface area contributed by atoms with E-state index in [2.05, 4.69) is 0 Å². The summed E-state index contributed by atoms with van der Waals surface area (Å²) in [4.78, 5) is 24.9. The summed E-state index contributed by atoms with van der Waals surface area (Å²) in [5.74, 6) is -1.54. The molecule has 1 amide bonds. The highest BCUT2D eigenvalue weighted by atomic mass is 19.1. The van der Waals surface area contributed by atoms with Crippen LogP contribution in [-0.4, -0.2) is 47.7 Å². The summed E-state index contributed by atoms with van der Waals surface area (Å²) >= 11 is 0. The molecule has 1 aromatic carbocycles. The lowest BCUT2D eigenvalue weighted by Crippen LogP contribution is -2.52. The van der Waals surface area contributed by atoms with Crippen LogP contribution in [0.3, 0.4) is 0 Å². The molecule has 0 bridgehead atoms. The largest absolute Gasteiger partial charge is 0.480 e. The Morgan fingerprint density at radius 1 is 1.17 bits per heavy atom. The first-order valence-electron chi connectivity index (χ1n) is 7.03. The minimum atomic E-state index is -1.12. The Bertz CT molecular complexity index is 724. The fourth-order valence-electron chi connectivity index (χ4n) is 2.42. The number of benzene rings is 1. The van der Waals surface area contributed by atoms with Gasteiger partial charge in [-0.15, -0.1) is 0 Å². The molecular weight excluding hydrogens is 305 g/mol. The third kappa shape index (κ3) is 3.09. The molecule has 1 aromatic heterocycles. The number of ether oxygens (including phenoxy) is 1. The molecule has 1 fully saturated rings. The minimum Gasteiger partial charge on any atom is -0.480 e. The number of carbonyl (C=O) groups is 2. The van der Waals surface area contributed by atoms with Crippen molar-refractivity contribution in [1.29, 1.82) is 0 Å². The van der Waals surface area contributed by atoms with E-state index in [1.165, 1.54) is 35.2 Å². The predicted octanol–water partition coefficient (Wildman–Crippen LogP) is 2.01. The van der Waals surface area contributed by atoms with E-state index < -0.39 is 17.9 Å². The molecule has 1 aliphatic rings. The molecule has 0 saturated carbocycles. The summed E-state index contributed by atoms with van der Waals surface area (Å²) in [6, 6.07) is 7.71. The average molecular weight is 319 g/mol. The van der Waals surface area contributed by atoms with Gasteiger partial charge in [0.2, 0.25) is 0 Å². The second kappa shape index (κ2) is 6.21. The fraction of sp³-hybridized carbons (Fsp3) is 0.250. The summed E-state index contributed by atoms with van der Waals surface area (Å²) in [6.07, 6.45) is 0. The number of amides is 1. The number of halogens is 1. The zero-order chi connectivity index (χ0) is 16.4. The van der Waals surface area contributed by atoms with E-state index in [9.17, 15) is 19.1 Å². The molecule has 3 rings (SSSR count). The van der Waals surface area contributed by atoms with Crippen LogP contribution in [0, 0.1) is 5.82 Å². The van der Waals surface area contributed by atoms with Crippen LogP contribution in [-0.2, 0) is 9.53 Å². The first-order chi connectivity index (χ1) is 11.1. The van der Waals surface area contributed by atoms with Crippen molar-refractivity contribution >= 4 is 11.9 Å². The van der Waals surface area contributed by atoms with Gasteiger partial charge in [0, 0.05) is 12.1 Å². The molecule has 1 aliphatic heterocycles. The molecule has 2 heterocycles. The molecule has 0 aliphatic carbocycles. The number of rotatable bonds is 3. The first-order valence-corrected chi connectivity index (χ1v) is 7.03. The van der Waals surface area contributed by atoms with Crippen molar-refractivity contribution in [2.75, 3.05) is 19.8 Å². The molecule has 1 saturated heterocycles. The highest BCUT2D eigenvalue weighted by Crippen LogP contribution is 2.24. The number of carbonyl (C=O) groups excluding carboxylic acids is 1. The summed E-state index contributed by atoms with van der Waals surface area (Å²) in [6.45, 7) is 0.413. The van der Waals surface area contributed by atoms with Gasteiger partial charge in [-0.3, -0.25) is 4.79 Å². The second-order valence-corrected chi connectivity index (χ2v) is 5.10. The quantitative estimate of drug-likeness (QED) is 0.936. The Labute approximate surface area is 131 Å². The van der Waals surface area contributed by atoms with E-state index in [1.54, 1.807) is 6.07 Å². The van der Waals surface area contributed by atoms with Gasteiger partial charge in [-0.2, -0.15) is 0 Å². The predicted molar refractivity (Wildman–Crippen MR) is 77.4 cm³/mol. The molecule has 1 atom stereocenters. The lowest BCUT2D eigenvalue weighted by molar-refractivity contribution is -0.147. The van der Waals surface area contributed by atoms with Gasteiger partial charge in [0.1, 0.15) is 11.6 Å². The normalized spacial score (nSPS) is 18.0. The Morgan fingerprint density at radius 2 is 1.91 bits per heavy atom. The number of carboxylic acids is 1. The van der Waals surface area contributed by atoms with E-state index in [0.29, 0.717) is 11.3 Å². The SMILES string of the molecule is O=C(O)[C@@H]1COCCN1C(=O)c1ccc(-c2ccc(F)cc2)o1. The summed E-state index contributed by atoms with van der Waals surface area (Å²) < 4.78 is 23.5. The van der Waals surface area contributed by atoms with Crippen LogP contribution < -0.4 is 0 Å². The van der Waals surface area contributed by atoms with Gasteiger partial charge in [-0.1, -0.05) is 0 Å². The Hall–Kier alpha value is -2.67. The van der Waals surface area contributed by atoms with Gasteiger partial charge in [0.25, 0.3) is 5.91 Å². The molecule has 23 heavy (non-hydrogen) atoms.